The van der Waals surface area contributed by atoms with Gasteiger partial charge in [0.1, 0.15) is 11.6 Å². The molecule has 0 spiro atoms. The van der Waals surface area contributed by atoms with Gasteiger partial charge in [-0.1, -0.05) is 23.7 Å². The molecule has 0 radical (unpaired) electrons. The zero-order valence-corrected chi connectivity index (χ0v) is 8.50. The highest BCUT2D eigenvalue weighted by atomic mass is 35.5. The van der Waals surface area contributed by atoms with E-state index in [1.165, 1.54) is 12.1 Å². The van der Waals surface area contributed by atoms with Crippen LogP contribution < -0.4 is 0 Å². The van der Waals surface area contributed by atoms with Crippen LogP contribution in [-0.2, 0) is 0 Å². The van der Waals surface area contributed by atoms with Gasteiger partial charge in [-0.3, -0.25) is 0 Å². The van der Waals surface area contributed by atoms with Crippen LogP contribution in [-0.4, -0.2) is 5.11 Å². The number of halogens is 2. The van der Waals surface area contributed by atoms with E-state index in [0.29, 0.717) is 10.6 Å². The second kappa shape index (κ2) is 3.91. The van der Waals surface area contributed by atoms with Crippen LogP contribution in [0.4, 0.5) is 4.39 Å². The summed E-state index contributed by atoms with van der Waals surface area (Å²) in [6, 6.07) is 10.9. The predicted octanol–water partition coefficient (Wildman–Crippen LogP) is 3.85. The van der Waals surface area contributed by atoms with E-state index in [4.69, 9.17) is 16.7 Å². The monoisotopic (exact) mass is 222 g/mol. The average molecular weight is 223 g/mol. The van der Waals surface area contributed by atoms with Crippen LogP contribution in [0, 0.1) is 5.82 Å². The Morgan fingerprint density at radius 2 is 1.67 bits per heavy atom. The van der Waals surface area contributed by atoms with Crippen molar-refractivity contribution < 1.29 is 9.50 Å². The number of aromatic hydroxyl groups is 1. The molecule has 15 heavy (non-hydrogen) atoms. The van der Waals surface area contributed by atoms with Crippen LogP contribution in [0.3, 0.4) is 0 Å². The molecule has 2 rings (SSSR count). The molecule has 0 aliphatic rings. The maximum Gasteiger partial charge on any atom is 0.134 e. The van der Waals surface area contributed by atoms with E-state index in [1.54, 1.807) is 24.3 Å². The summed E-state index contributed by atoms with van der Waals surface area (Å²) in [5.74, 6) is -0.525. The molecule has 0 aliphatic carbocycles. The molecule has 0 unspecified atom stereocenters. The summed E-state index contributed by atoms with van der Waals surface area (Å²) in [6.07, 6.45) is 0. The third-order valence-corrected chi connectivity index (χ3v) is 2.36. The van der Waals surface area contributed by atoms with E-state index in [1.807, 2.05) is 0 Å². The van der Waals surface area contributed by atoms with E-state index >= 15 is 0 Å². The predicted molar refractivity (Wildman–Crippen MR) is 58.5 cm³/mol. The lowest BCUT2D eigenvalue weighted by Gasteiger charge is -2.03. The van der Waals surface area contributed by atoms with E-state index in [-0.39, 0.29) is 5.75 Å². The van der Waals surface area contributed by atoms with Gasteiger partial charge in [-0.05, 0) is 29.8 Å². The minimum atomic E-state index is -0.447. The van der Waals surface area contributed by atoms with E-state index < -0.39 is 5.82 Å². The lowest BCUT2D eigenvalue weighted by molar-refractivity contribution is 0.469. The first kappa shape index (κ1) is 9.99. The number of phenolic OH excluding ortho intramolecular Hbond substituents is 1. The Labute approximate surface area is 91.8 Å². The van der Waals surface area contributed by atoms with Crippen LogP contribution in [0.1, 0.15) is 0 Å². The maximum absolute atomic E-state index is 13.4. The smallest absolute Gasteiger partial charge is 0.134 e. The zero-order chi connectivity index (χ0) is 10.8. The van der Waals surface area contributed by atoms with Crippen LogP contribution in [0.5, 0.6) is 5.75 Å². The zero-order valence-electron chi connectivity index (χ0n) is 7.74. The standard InChI is InChI=1S/C12H8ClFO/c13-9-3-1-8(2-4-9)11-6-5-10(15)7-12(11)14/h1-7,15H. The molecule has 0 saturated heterocycles. The van der Waals surface area contributed by atoms with Gasteiger partial charge >= 0.3 is 0 Å². The highest BCUT2D eigenvalue weighted by molar-refractivity contribution is 6.30. The molecule has 3 heteroatoms. The van der Waals surface area contributed by atoms with Crippen molar-refractivity contribution in [3.63, 3.8) is 0 Å². The molecular formula is C12H8ClFO. The van der Waals surface area contributed by atoms with Crippen molar-refractivity contribution in [1.29, 1.82) is 0 Å². The molecule has 0 aliphatic heterocycles. The Hall–Kier alpha value is -1.54. The van der Waals surface area contributed by atoms with Gasteiger partial charge in [0.2, 0.25) is 0 Å². The van der Waals surface area contributed by atoms with Gasteiger partial charge in [-0.2, -0.15) is 0 Å². The summed E-state index contributed by atoms with van der Waals surface area (Å²) in [5.41, 5.74) is 1.18. The van der Waals surface area contributed by atoms with E-state index in [2.05, 4.69) is 0 Å². The molecule has 0 fully saturated rings. The summed E-state index contributed by atoms with van der Waals surface area (Å²) >= 11 is 5.73. The lowest BCUT2D eigenvalue weighted by Crippen LogP contribution is -1.83. The van der Waals surface area contributed by atoms with Crippen LogP contribution in [0.25, 0.3) is 11.1 Å². The Morgan fingerprint density at radius 3 is 2.27 bits per heavy atom. The molecule has 0 atom stereocenters. The van der Waals surface area contributed by atoms with Crippen LogP contribution in [0.15, 0.2) is 42.5 Å². The first-order chi connectivity index (χ1) is 7.16. The number of phenols is 1. The first-order valence-electron chi connectivity index (χ1n) is 4.41. The fraction of sp³-hybridized carbons (Fsp3) is 0. The topological polar surface area (TPSA) is 20.2 Å². The fourth-order valence-corrected chi connectivity index (χ4v) is 1.49. The van der Waals surface area contributed by atoms with E-state index in [9.17, 15) is 4.39 Å². The molecule has 0 aromatic heterocycles. The number of rotatable bonds is 1. The third kappa shape index (κ3) is 2.10. The molecule has 1 N–H and O–H groups in total. The van der Waals surface area contributed by atoms with Gasteiger partial charge in [0.15, 0.2) is 0 Å². The summed E-state index contributed by atoms with van der Waals surface area (Å²) in [7, 11) is 0. The normalized spacial score (nSPS) is 10.3. The minimum absolute atomic E-state index is 0.0785. The van der Waals surface area contributed by atoms with Gasteiger partial charge in [0.05, 0.1) is 0 Å². The quantitative estimate of drug-likeness (QED) is 0.777. The molecule has 2 aromatic rings. The summed E-state index contributed by atoms with van der Waals surface area (Å²) in [4.78, 5) is 0. The van der Waals surface area contributed by atoms with Crippen molar-refractivity contribution in [3.8, 4) is 16.9 Å². The summed E-state index contributed by atoms with van der Waals surface area (Å²) < 4.78 is 13.4. The maximum atomic E-state index is 13.4. The van der Waals surface area contributed by atoms with Crippen molar-refractivity contribution in [2.45, 2.75) is 0 Å². The van der Waals surface area contributed by atoms with E-state index in [0.717, 1.165) is 11.6 Å². The van der Waals surface area contributed by atoms with Gasteiger partial charge in [0, 0.05) is 16.7 Å². The molecule has 2 aromatic carbocycles. The lowest BCUT2D eigenvalue weighted by atomic mass is 10.1. The Kier molecular flexibility index (Phi) is 2.60. The Bertz CT molecular complexity index is 479. The second-order valence-electron chi connectivity index (χ2n) is 3.17. The molecule has 1 nitrogen and oxygen atoms in total. The van der Waals surface area contributed by atoms with Gasteiger partial charge in [0.25, 0.3) is 0 Å². The molecule has 0 bridgehead atoms. The fourth-order valence-electron chi connectivity index (χ4n) is 1.37. The Balaban J connectivity index is 2.49. The molecule has 0 saturated carbocycles. The average Bonchev–Trinajstić information content (AvgIpc) is 2.20. The largest absolute Gasteiger partial charge is 0.508 e. The first-order valence-corrected chi connectivity index (χ1v) is 4.79. The Morgan fingerprint density at radius 1 is 1.00 bits per heavy atom. The summed E-state index contributed by atoms with van der Waals surface area (Å²) in [6.45, 7) is 0. The minimum Gasteiger partial charge on any atom is -0.508 e. The van der Waals surface area contributed by atoms with Gasteiger partial charge in [-0.25, -0.2) is 4.39 Å². The van der Waals surface area contributed by atoms with Crippen molar-refractivity contribution in [3.05, 3.63) is 53.3 Å². The SMILES string of the molecule is Oc1ccc(-c2ccc(Cl)cc2)c(F)c1. The summed E-state index contributed by atoms with van der Waals surface area (Å²) in [5, 5.41) is 9.68. The van der Waals surface area contributed by atoms with Crippen molar-refractivity contribution in [2.75, 3.05) is 0 Å². The molecule has 0 heterocycles. The van der Waals surface area contributed by atoms with Crippen LogP contribution >= 0.6 is 11.6 Å². The van der Waals surface area contributed by atoms with Crippen LogP contribution in [0.2, 0.25) is 5.02 Å². The highest BCUT2D eigenvalue weighted by Gasteiger charge is 2.05. The molecule has 0 amide bonds. The molecule has 76 valence electrons. The number of benzene rings is 2. The highest BCUT2D eigenvalue weighted by Crippen LogP contribution is 2.26. The van der Waals surface area contributed by atoms with Gasteiger partial charge < -0.3 is 5.11 Å². The number of hydrogen-bond acceptors (Lipinski definition) is 1. The second-order valence-corrected chi connectivity index (χ2v) is 3.61. The van der Waals surface area contributed by atoms with Crippen molar-refractivity contribution >= 4 is 11.6 Å². The van der Waals surface area contributed by atoms with Gasteiger partial charge in [-0.15, -0.1) is 0 Å². The molecular weight excluding hydrogens is 215 g/mol. The van der Waals surface area contributed by atoms with Crippen molar-refractivity contribution in [2.24, 2.45) is 0 Å². The van der Waals surface area contributed by atoms with Crippen molar-refractivity contribution in [1.82, 2.24) is 0 Å². The third-order valence-electron chi connectivity index (χ3n) is 2.11. The number of hydrogen-bond donors (Lipinski definition) is 1.